The fourth-order valence-corrected chi connectivity index (χ4v) is 4.19. The summed E-state index contributed by atoms with van der Waals surface area (Å²) in [6.45, 7) is 5.57. The van der Waals surface area contributed by atoms with Crippen molar-refractivity contribution in [2.75, 3.05) is 20.3 Å². The number of halogens is 1. The molecule has 0 fully saturated rings. The van der Waals surface area contributed by atoms with E-state index in [0.717, 1.165) is 46.1 Å². The lowest BCUT2D eigenvalue weighted by Gasteiger charge is -2.27. The normalized spacial score (nSPS) is 16.5. The Morgan fingerprint density at radius 2 is 2.08 bits per heavy atom. The number of fused-ring (bicyclic) bond motifs is 3. The van der Waals surface area contributed by atoms with Gasteiger partial charge in [-0.05, 0) is 61.7 Å². The van der Waals surface area contributed by atoms with Crippen molar-refractivity contribution in [3.8, 4) is 11.5 Å². The molecule has 4 nitrogen and oxygen atoms in total. The molecule has 1 aromatic heterocycles. The number of aromatic amines is 1. The second-order valence-corrected chi connectivity index (χ2v) is 7.08. The number of aryl methyl sites for hydroxylation is 1. The van der Waals surface area contributed by atoms with Crippen molar-refractivity contribution >= 4 is 22.5 Å². The van der Waals surface area contributed by atoms with Gasteiger partial charge in [0, 0.05) is 33.7 Å². The third-order valence-corrected chi connectivity index (χ3v) is 5.24. The van der Waals surface area contributed by atoms with Crippen molar-refractivity contribution in [1.29, 1.82) is 0 Å². The Morgan fingerprint density at radius 3 is 2.85 bits per heavy atom. The van der Waals surface area contributed by atoms with E-state index in [1.54, 1.807) is 7.11 Å². The molecule has 1 atom stereocenters. The van der Waals surface area contributed by atoms with Crippen LogP contribution in [0.3, 0.4) is 0 Å². The van der Waals surface area contributed by atoms with Crippen LogP contribution >= 0.6 is 11.6 Å². The highest BCUT2D eigenvalue weighted by molar-refractivity contribution is 6.30. The van der Waals surface area contributed by atoms with Gasteiger partial charge in [-0.1, -0.05) is 11.6 Å². The number of benzene rings is 2. The number of hydrogen-bond donors (Lipinski definition) is 2. The van der Waals surface area contributed by atoms with Gasteiger partial charge in [-0.2, -0.15) is 0 Å². The molecule has 1 aliphatic rings. The van der Waals surface area contributed by atoms with Gasteiger partial charge in [-0.3, -0.25) is 0 Å². The van der Waals surface area contributed by atoms with Gasteiger partial charge in [-0.25, -0.2) is 0 Å². The smallest absolute Gasteiger partial charge is 0.127 e. The Labute approximate surface area is 158 Å². The maximum atomic E-state index is 6.38. The summed E-state index contributed by atoms with van der Waals surface area (Å²) < 4.78 is 11.4. The van der Waals surface area contributed by atoms with Crippen molar-refractivity contribution in [1.82, 2.24) is 10.3 Å². The molecule has 2 aromatic carbocycles. The molecule has 1 aliphatic heterocycles. The van der Waals surface area contributed by atoms with Crippen LogP contribution in [0.4, 0.5) is 0 Å². The molecule has 1 unspecified atom stereocenters. The zero-order chi connectivity index (χ0) is 18.3. The fraction of sp³-hybridized carbons (Fsp3) is 0.333. The standard InChI is InChI=1S/C21H23ClN2O2/c1-4-26-21-12(2)9-13(22)10-17(21)19-20-15(7-8-23-19)16-11-14(25-3)5-6-18(16)24-20/h5-6,9-11,19,23-24H,4,7-8H2,1-3H3. The molecule has 0 saturated carbocycles. The Bertz CT molecular complexity index is 964. The third kappa shape index (κ3) is 2.83. The summed E-state index contributed by atoms with van der Waals surface area (Å²) in [5.41, 5.74) is 5.78. The Hall–Kier alpha value is -2.17. The molecule has 2 heterocycles. The molecule has 0 radical (unpaired) electrons. The topological polar surface area (TPSA) is 46.3 Å². The first kappa shape index (κ1) is 17.3. The van der Waals surface area contributed by atoms with Gasteiger partial charge in [0.2, 0.25) is 0 Å². The lowest BCUT2D eigenvalue weighted by molar-refractivity contribution is 0.330. The molecular weight excluding hydrogens is 348 g/mol. The van der Waals surface area contributed by atoms with Gasteiger partial charge >= 0.3 is 0 Å². The van der Waals surface area contributed by atoms with E-state index in [9.17, 15) is 0 Å². The summed E-state index contributed by atoms with van der Waals surface area (Å²) >= 11 is 6.38. The lowest BCUT2D eigenvalue weighted by Crippen LogP contribution is -2.31. The van der Waals surface area contributed by atoms with Crippen LogP contribution in [-0.2, 0) is 6.42 Å². The van der Waals surface area contributed by atoms with Gasteiger partial charge in [0.25, 0.3) is 0 Å². The van der Waals surface area contributed by atoms with Crippen LogP contribution in [0, 0.1) is 6.92 Å². The van der Waals surface area contributed by atoms with Crippen LogP contribution in [0.5, 0.6) is 11.5 Å². The van der Waals surface area contributed by atoms with Crippen LogP contribution in [-0.4, -0.2) is 25.2 Å². The molecule has 136 valence electrons. The first-order valence-corrected chi connectivity index (χ1v) is 9.35. The predicted octanol–water partition coefficient (Wildman–Crippen LogP) is 4.77. The first-order chi connectivity index (χ1) is 12.6. The predicted molar refractivity (Wildman–Crippen MR) is 106 cm³/mol. The van der Waals surface area contributed by atoms with Crippen molar-refractivity contribution in [3.63, 3.8) is 0 Å². The molecule has 3 aromatic rings. The average molecular weight is 371 g/mol. The second kappa shape index (κ2) is 6.86. The maximum absolute atomic E-state index is 6.38. The van der Waals surface area contributed by atoms with Gasteiger partial charge in [0.05, 0.1) is 19.8 Å². The highest BCUT2D eigenvalue weighted by Gasteiger charge is 2.28. The largest absolute Gasteiger partial charge is 0.497 e. The van der Waals surface area contributed by atoms with E-state index < -0.39 is 0 Å². The molecule has 0 saturated heterocycles. The quantitative estimate of drug-likeness (QED) is 0.695. The highest BCUT2D eigenvalue weighted by Crippen LogP contribution is 2.40. The number of hydrogen-bond acceptors (Lipinski definition) is 3. The summed E-state index contributed by atoms with van der Waals surface area (Å²) in [5, 5.41) is 5.59. The van der Waals surface area contributed by atoms with Crippen molar-refractivity contribution in [2.24, 2.45) is 0 Å². The number of nitrogens with one attached hydrogen (secondary N) is 2. The van der Waals surface area contributed by atoms with Crippen molar-refractivity contribution in [2.45, 2.75) is 26.3 Å². The summed E-state index contributed by atoms with van der Waals surface area (Å²) in [7, 11) is 1.70. The number of rotatable bonds is 4. The van der Waals surface area contributed by atoms with E-state index >= 15 is 0 Å². The van der Waals surface area contributed by atoms with E-state index in [1.807, 2.05) is 32.0 Å². The fourth-order valence-electron chi connectivity index (χ4n) is 3.91. The Balaban J connectivity index is 1.89. The summed E-state index contributed by atoms with van der Waals surface area (Å²) in [6, 6.07) is 10.2. The molecule has 0 spiro atoms. The molecule has 0 aliphatic carbocycles. The first-order valence-electron chi connectivity index (χ1n) is 8.97. The molecule has 5 heteroatoms. The maximum Gasteiger partial charge on any atom is 0.127 e. The van der Waals surface area contributed by atoms with Crippen LogP contribution in [0.15, 0.2) is 30.3 Å². The van der Waals surface area contributed by atoms with Crippen LogP contribution in [0.2, 0.25) is 5.02 Å². The van der Waals surface area contributed by atoms with Gasteiger partial charge < -0.3 is 19.8 Å². The van der Waals surface area contributed by atoms with E-state index in [0.29, 0.717) is 6.61 Å². The van der Waals surface area contributed by atoms with Crippen LogP contribution in [0.25, 0.3) is 10.9 Å². The highest BCUT2D eigenvalue weighted by atomic mass is 35.5. The van der Waals surface area contributed by atoms with Crippen molar-refractivity contribution < 1.29 is 9.47 Å². The van der Waals surface area contributed by atoms with Crippen LogP contribution in [0.1, 0.15) is 35.3 Å². The number of methoxy groups -OCH3 is 1. The van der Waals surface area contributed by atoms with Gasteiger partial charge in [-0.15, -0.1) is 0 Å². The molecule has 26 heavy (non-hydrogen) atoms. The van der Waals surface area contributed by atoms with E-state index in [4.69, 9.17) is 21.1 Å². The molecule has 4 rings (SSSR count). The molecule has 2 N–H and O–H groups in total. The Morgan fingerprint density at radius 1 is 1.23 bits per heavy atom. The second-order valence-electron chi connectivity index (χ2n) is 6.64. The third-order valence-electron chi connectivity index (χ3n) is 5.03. The lowest BCUT2D eigenvalue weighted by atomic mass is 9.92. The zero-order valence-electron chi connectivity index (χ0n) is 15.3. The minimum absolute atomic E-state index is 0.0242. The average Bonchev–Trinajstić information content (AvgIpc) is 3.01. The Kier molecular flexibility index (Phi) is 4.55. The molecule has 0 amide bonds. The molecule has 0 bridgehead atoms. The van der Waals surface area contributed by atoms with E-state index in [1.165, 1.54) is 16.6 Å². The minimum atomic E-state index is 0.0242. The molecular formula is C21H23ClN2O2. The summed E-state index contributed by atoms with van der Waals surface area (Å²) in [5.74, 6) is 1.79. The van der Waals surface area contributed by atoms with Gasteiger partial charge in [0.15, 0.2) is 0 Å². The van der Waals surface area contributed by atoms with E-state index in [-0.39, 0.29) is 6.04 Å². The minimum Gasteiger partial charge on any atom is -0.497 e. The summed E-state index contributed by atoms with van der Waals surface area (Å²) in [6.07, 6.45) is 0.975. The van der Waals surface area contributed by atoms with Crippen molar-refractivity contribution in [3.05, 3.63) is 57.7 Å². The number of aromatic nitrogens is 1. The monoisotopic (exact) mass is 370 g/mol. The SMILES string of the molecule is CCOc1c(C)cc(Cl)cc1C1NCCc2c1[nH]c1ccc(OC)cc21. The van der Waals surface area contributed by atoms with E-state index in [2.05, 4.69) is 22.4 Å². The van der Waals surface area contributed by atoms with Gasteiger partial charge in [0.1, 0.15) is 11.5 Å². The van der Waals surface area contributed by atoms with Crippen LogP contribution < -0.4 is 14.8 Å². The number of H-pyrrole nitrogens is 1. The summed E-state index contributed by atoms with van der Waals surface area (Å²) in [4.78, 5) is 3.61. The zero-order valence-corrected chi connectivity index (χ0v) is 16.0. The number of ether oxygens (including phenoxy) is 2.